The molecular weight excluding hydrogens is 212 g/mol. The number of aromatic amines is 1. The Morgan fingerprint density at radius 2 is 2.38 bits per heavy atom. The van der Waals surface area contributed by atoms with Crippen LogP contribution in [0.4, 0.5) is 0 Å². The Labute approximate surface area is 90.6 Å². The largest absolute Gasteiger partial charge is 0.477 e. The number of carboxylic acid groups (broad SMARTS) is 1. The zero-order valence-corrected chi connectivity index (χ0v) is 8.56. The normalized spacial score (nSPS) is 19.1. The van der Waals surface area contributed by atoms with Crippen LogP contribution in [0.1, 0.15) is 29.1 Å². The van der Waals surface area contributed by atoms with Crippen molar-refractivity contribution < 1.29 is 14.6 Å². The zero-order chi connectivity index (χ0) is 11.7. The molecule has 0 radical (unpaired) electrons. The molecule has 1 aromatic heterocycles. The molecule has 6 nitrogen and oxygen atoms in total. The number of aromatic carboxylic acids is 1. The molecule has 0 aliphatic carbocycles. The first-order valence-corrected chi connectivity index (χ1v) is 4.72. The van der Waals surface area contributed by atoms with Crippen LogP contribution < -0.4 is 5.56 Å². The monoisotopic (exact) mass is 222 g/mol. The molecule has 6 heteroatoms. The summed E-state index contributed by atoms with van der Waals surface area (Å²) in [6.07, 6.45) is -0.411. The Bertz CT molecular complexity index is 518. The Balaban J connectivity index is 2.31. The van der Waals surface area contributed by atoms with Crippen molar-refractivity contribution in [3.05, 3.63) is 33.7 Å². The summed E-state index contributed by atoms with van der Waals surface area (Å²) in [5, 5.41) is 8.68. The van der Waals surface area contributed by atoms with Crippen LogP contribution in [-0.2, 0) is 4.74 Å². The van der Waals surface area contributed by atoms with E-state index in [0.29, 0.717) is 18.0 Å². The van der Waals surface area contributed by atoms with Crippen molar-refractivity contribution in [1.82, 2.24) is 4.98 Å². The van der Waals surface area contributed by atoms with Crippen LogP contribution in [0, 0.1) is 0 Å². The number of aromatic nitrogens is 1. The van der Waals surface area contributed by atoms with Crippen molar-refractivity contribution in [3.63, 3.8) is 0 Å². The van der Waals surface area contributed by atoms with Crippen molar-refractivity contribution in [1.29, 1.82) is 0 Å². The fraction of sp³-hybridized carbons (Fsp3) is 0.300. The maximum absolute atomic E-state index is 11.6. The van der Waals surface area contributed by atoms with Gasteiger partial charge in [0.2, 0.25) is 0 Å². The molecule has 1 aliphatic heterocycles. The van der Waals surface area contributed by atoms with Gasteiger partial charge in [-0.05, 0) is 12.1 Å². The highest BCUT2D eigenvalue weighted by atomic mass is 16.5. The molecule has 0 bridgehead atoms. The first kappa shape index (κ1) is 10.4. The Morgan fingerprint density at radius 3 is 2.88 bits per heavy atom. The highest BCUT2D eigenvalue weighted by molar-refractivity contribution is 5.85. The minimum absolute atomic E-state index is 0.135. The van der Waals surface area contributed by atoms with Crippen molar-refractivity contribution in [2.75, 3.05) is 6.54 Å². The van der Waals surface area contributed by atoms with Gasteiger partial charge >= 0.3 is 5.97 Å². The molecule has 1 atom stereocenters. The fourth-order valence-electron chi connectivity index (χ4n) is 1.52. The van der Waals surface area contributed by atoms with Gasteiger partial charge in [0.05, 0.1) is 12.1 Å². The van der Waals surface area contributed by atoms with E-state index in [9.17, 15) is 9.59 Å². The summed E-state index contributed by atoms with van der Waals surface area (Å²) in [4.78, 5) is 28.5. The lowest BCUT2D eigenvalue weighted by atomic mass is 10.1. The standard InChI is InChI=1S/C10H10N2O4/c1-5-11-4-8(16-5)6-2-3-7(10(14)15)12-9(6)13/h2-3,8H,4H2,1H3,(H,12,13)(H,14,15). The number of hydrogen-bond acceptors (Lipinski definition) is 4. The van der Waals surface area contributed by atoms with E-state index in [4.69, 9.17) is 9.84 Å². The molecule has 1 unspecified atom stereocenters. The van der Waals surface area contributed by atoms with Crippen LogP contribution in [0.5, 0.6) is 0 Å². The number of pyridine rings is 1. The van der Waals surface area contributed by atoms with Gasteiger partial charge in [-0.2, -0.15) is 0 Å². The Hall–Kier alpha value is -2.11. The molecule has 0 spiro atoms. The van der Waals surface area contributed by atoms with Gasteiger partial charge in [0.15, 0.2) is 5.90 Å². The van der Waals surface area contributed by atoms with E-state index in [2.05, 4.69) is 9.98 Å². The average Bonchev–Trinajstić information content (AvgIpc) is 2.64. The second-order valence-corrected chi connectivity index (χ2v) is 3.43. The molecule has 1 aromatic rings. The molecule has 16 heavy (non-hydrogen) atoms. The molecular formula is C10H10N2O4. The van der Waals surface area contributed by atoms with Gasteiger partial charge in [-0.1, -0.05) is 0 Å². The van der Waals surface area contributed by atoms with Gasteiger partial charge < -0.3 is 14.8 Å². The number of H-pyrrole nitrogens is 1. The fourth-order valence-corrected chi connectivity index (χ4v) is 1.52. The summed E-state index contributed by atoms with van der Waals surface area (Å²) < 4.78 is 5.31. The van der Waals surface area contributed by atoms with Gasteiger partial charge in [-0.3, -0.25) is 9.79 Å². The van der Waals surface area contributed by atoms with Gasteiger partial charge in [0.25, 0.3) is 5.56 Å². The van der Waals surface area contributed by atoms with Crippen molar-refractivity contribution in [2.45, 2.75) is 13.0 Å². The number of nitrogens with zero attached hydrogens (tertiary/aromatic N) is 1. The quantitative estimate of drug-likeness (QED) is 0.764. The third kappa shape index (κ3) is 1.81. The lowest BCUT2D eigenvalue weighted by molar-refractivity contribution is 0.0690. The summed E-state index contributed by atoms with van der Waals surface area (Å²) >= 11 is 0. The second kappa shape index (κ2) is 3.80. The first-order chi connectivity index (χ1) is 7.58. The number of rotatable bonds is 2. The molecule has 0 aromatic carbocycles. The SMILES string of the molecule is CC1=NCC(c2ccc(C(=O)O)[nH]c2=O)O1. The lowest BCUT2D eigenvalue weighted by Gasteiger charge is -2.09. The molecule has 0 saturated carbocycles. The molecule has 2 heterocycles. The van der Waals surface area contributed by atoms with Crippen molar-refractivity contribution >= 4 is 11.9 Å². The number of ether oxygens (including phenoxy) is 1. The highest BCUT2D eigenvalue weighted by Gasteiger charge is 2.22. The van der Waals surface area contributed by atoms with E-state index in [1.165, 1.54) is 12.1 Å². The Kier molecular flexibility index (Phi) is 2.47. The molecule has 0 saturated heterocycles. The molecule has 1 aliphatic rings. The molecule has 2 N–H and O–H groups in total. The van der Waals surface area contributed by atoms with Crippen molar-refractivity contribution in [2.24, 2.45) is 4.99 Å². The maximum Gasteiger partial charge on any atom is 0.352 e. The third-order valence-corrected chi connectivity index (χ3v) is 2.31. The summed E-state index contributed by atoms with van der Waals surface area (Å²) in [5.74, 6) is -0.630. The summed E-state index contributed by atoms with van der Waals surface area (Å²) in [6, 6.07) is 2.80. The first-order valence-electron chi connectivity index (χ1n) is 4.72. The van der Waals surface area contributed by atoms with Crippen LogP contribution in [0.15, 0.2) is 21.9 Å². The predicted octanol–water partition coefficient (Wildman–Crippen LogP) is 0.563. The molecule has 84 valence electrons. The van der Waals surface area contributed by atoms with E-state index >= 15 is 0 Å². The predicted molar refractivity (Wildman–Crippen MR) is 55.8 cm³/mol. The van der Waals surface area contributed by atoms with Crippen molar-refractivity contribution in [3.8, 4) is 0 Å². The maximum atomic E-state index is 11.6. The number of hydrogen-bond donors (Lipinski definition) is 2. The van der Waals surface area contributed by atoms with Crippen LogP contribution in [0.25, 0.3) is 0 Å². The minimum Gasteiger partial charge on any atom is -0.477 e. The van der Waals surface area contributed by atoms with Gasteiger partial charge in [-0.15, -0.1) is 0 Å². The van der Waals surface area contributed by atoms with Gasteiger partial charge in [0.1, 0.15) is 11.8 Å². The zero-order valence-electron chi connectivity index (χ0n) is 8.56. The van der Waals surface area contributed by atoms with Gasteiger partial charge in [0, 0.05) is 6.92 Å². The number of nitrogens with one attached hydrogen (secondary N) is 1. The van der Waals surface area contributed by atoms with E-state index < -0.39 is 17.6 Å². The van der Waals surface area contributed by atoms with Crippen LogP contribution in [0.2, 0.25) is 0 Å². The average molecular weight is 222 g/mol. The highest BCUT2D eigenvalue weighted by Crippen LogP contribution is 2.19. The Morgan fingerprint density at radius 1 is 1.62 bits per heavy atom. The topological polar surface area (TPSA) is 91.7 Å². The smallest absolute Gasteiger partial charge is 0.352 e. The number of carbonyl (C=O) groups is 1. The van der Waals surface area contributed by atoms with Crippen LogP contribution in [0.3, 0.4) is 0 Å². The second-order valence-electron chi connectivity index (χ2n) is 3.43. The molecule has 0 amide bonds. The van der Waals surface area contributed by atoms with E-state index in [0.717, 1.165) is 0 Å². The van der Waals surface area contributed by atoms with Gasteiger partial charge in [-0.25, -0.2) is 4.79 Å². The number of aliphatic imine (C=N–C) groups is 1. The summed E-state index contributed by atoms with van der Waals surface area (Å²) in [7, 11) is 0. The lowest BCUT2D eigenvalue weighted by Crippen LogP contribution is -2.20. The third-order valence-electron chi connectivity index (χ3n) is 2.31. The molecule has 0 fully saturated rings. The summed E-state index contributed by atoms with van der Waals surface area (Å²) in [5.41, 5.74) is -0.190. The number of carboxylic acids is 1. The molecule has 2 rings (SSSR count). The van der Waals surface area contributed by atoms with Crippen LogP contribution in [-0.4, -0.2) is 28.5 Å². The van der Waals surface area contributed by atoms with Crippen LogP contribution >= 0.6 is 0 Å². The summed E-state index contributed by atoms with van der Waals surface area (Å²) in [6.45, 7) is 2.10. The van der Waals surface area contributed by atoms with E-state index in [1.807, 2.05) is 0 Å². The van der Waals surface area contributed by atoms with E-state index in [1.54, 1.807) is 6.92 Å². The van der Waals surface area contributed by atoms with E-state index in [-0.39, 0.29) is 5.69 Å². The minimum atomic E-state index is -1.16.